The van der Waals surface area contributed by atoms with E-state index < -0.39 is 29.6 Å². The average Bonchev–Trinajstić information content (AvgIpc) is 3.21. The van der Waals surface area contributed by atoms with Gasteiger partial charge in [0.25, 0.3) is 5.56 Å². The third-order valence-electron chi connectivity index (χ3n) is 11.6. The van der Waals surface area contributed by atoms with Gasteiger partial charge in [-0.1, -0.05) is 18.2 Å². The fourth-order valence-corrected chi connectivity index (χ4v) is 8.69. The summed E-state index contributed by atoms with van der Waals surface area (Å²) in [6.07, 6.45) is 7.04. The summed E-state index contributed by atoms with van der Waals surface area (Å²) in [4.78, 5) is 67.6. The molecule has 2 aromatic carbocycles. The number of carbonyl (C=O) groups is 4. The zero-order chi connectivity index (χ0) is 42.2. The Kier molecular flexibility index (Phi) is 14.0. The van der Waals surface area contributed by atoms with E-state index in [9.17, 15) is 34.2 Å². The van der Waals surface area contributed by atoms with Gasteiger partial charge in [0.05, 0.1) is 27.4 Å². The van der Waals surface area contributed by atoms with E-state index in [2.05, 4.69) is 5.32 Å². The number of carbonyl (C=O) groups excluding carboxylic acids is 4. The summed E-state index contributed by atoms with van der Waals surface area (Å²) in [6.45, 7) is 3.62. The minimum Gasteiger partial charge on any atom is -0.507 e. The zero-order valence-electron chi connectivity index (χ0n) is 34.3. The van der Waals surface area contributed by atoms with Crippen molar-refractivity contribution < 1.29 is 48.3 Å². The lowest BCUT2D eigenvalue weighted by Crippen LogP contribution is -2.49. The van der Waals surface area contributed by atoms with Crippen LogP contribution in [0.2, 0.25) is 0 Å². The van der Waals surface area contributed by atoms with Crippen LogP contribution in [0.5, 0.6) is 28.7 Å². The third-order valence-corrected chi connectivity index (χ3v) is 11.6. The number of amides is 2. The van der Waals surface area contributed by atoms with Gasteiger partial charge in [0, 0.05) is 81.0 Å². The summed E-state index contributed by atoms with van der Waals surface area (Å²) < 4.78 is 24.3. The van der Waals surface area contributed by atoms with Crippen LogP contribution in [0.15, 0.2) is 47.3 Å². The lowest BCUT2D eigenvalue weighted by atomic mass is 9.83. The molecule has 316 valence electrons. The highest BCUT2D eigenvalue weighted by Crippen LogP contribution is 2.48. The van der Waals surface area contributed by atoms with Crippen molar-refractivity contribution in [1.82, 2.24) is 14.8 Å². The van der Waals surface area contributed by atoms with Gasteiger partial charge in [0.15, 0.2) is 11.5 Å². The number of phenolic OH excluding ortho intramolecular Hbond substituents is 2. The van der Waals surface area contributed by atoms with Crippen molar-refractivity contribution in [3.05, 3.63) is 80.8 Å². The number of rotatable bonds is 11. The van der Waals surface area contributed by atoms with Crippen molar-refractivity contribution in [2.75, 3.05) is 41.0 Å². The van der Waals surface area contributed by atoms with E-state index in [1.165, 1.54) is 27.4 Å². The third kappa shape index (κ3) is 9.92. The summed E-state index contributed by atoms with van der Waals surface area (Å²) in [6, 6.07) is 9.90. The Morgan fingerprint density at radius 3 is 2.44 bits per heavy atom. The molecule has 3 aliphatic heterocycles. The highest BCUT2D eigenvalue weighted by molar-refractivity contribution is 5.98. The smallest absolute Gasteiger partial charge is 0.342 e. The quantitative estimate of drug-likeness (QED) is 0.156. The molecule has 59 heavy (non-hydrogen) atoms. The molecule has 0 spiro atoms. The molecule has 2 amide bonds. The second-order valence-electron chi connectivity index (χ2n) is 15.7. The SMILES string of the molecule is COc1cc(C(CC(=O)NCCCC(=O)N2C[C@H]3C[C@@H](C2)c2cccc(=O)n2C3)c2c(O)cc3c(c2O)C(=O)O[C@@H](C)CCCC(=O)CCCC=C3)cc(OC)c1OC. The Hall–Kier alpha value is -5.79. The first-order valence-electron chi connectivity index (χ1n) is 20.4. The van der Waals surface area contributed by atoms with Crippen molar-refractivity contribution in [1.29, 1.82) is 0 Å². The molecule has 14 nitrogen and oxygen atoms in total. The van der Waals surface area contributed by atoms with Gasteiger partial charge in [0.2, 0.25) is 17.6 Å². The maximum absolute atomic E-state index is 13.8. The van der Waals surface area contributed by atoms with Crippen molar-refractivity contribution in [3.8, 4) is 28.7 Å². The number of nitrogens with zero attached hydrogens (tertiary/aromatic N) is 2. The first-order valence-corrected chi connectivity index (χ1v) is 20.4. The second-order valence-corrected chi connectivity index (χ2v) is 15.7. The van der Waals surface area contributed by atoms with Crippen LogP contribution in [-0.2, 0) is 25.7 Å². The molecule has 1 saturated heterocycles. The number of hydrogen-bond donors (Lipinski definition) is 3. The number of esters is 1. The molecule has 6 rings (SSSR count). The molecule has 3 N–H and O–H groups in total. The molecule has 2 bridgehead atoms. The molecule has 0 radical (unpaired) electrons. The number of ether oxygens (including phenoxy) is 4. The zero-order valence-corrected chi connectivity index (χ0v) is 34.3. The number of allylic oxidation sites excluding steroid dienone is 1. The number of aromatic nitrogens is 1. The molecule has 14 heteroatoms. The Bertz CT molecular complexity index is 2120. The summed E-state index contributed by atoms with van der Waals surface area (Å²) in [5.74, 6) is -1.91. The molecule has 1 fully saturated rings. The van der Waals surface area contributed by atoms with Crippen LogP contribution in [0.4, 0.5) is 0 Å². The number of cyclic esters (lactones) is 1. The molecule has 0 aliphatic carbocycles. The number of benzene rings is 2. The summed E-state index contributed by atoms with van der Waals surface area (Å²) in [5, 5.41) is 26.6. The minimum absolute atomic E-state index is 0.0139. The fraction of sp³-hybridized carbons (Fsp3) is 0.489. The largest absolute Gasteiger partial charge is 0.507 e. The van der Waals surface area contributed by atoms with Crippen LogP contribution in [0, 0.1) is 5.92 Å². The summed E-state index contributed by atoms with van der Waals surface area (Å²) >= 11 is 0. The summed E-state index contributed by atoms with van der Waals surface area (Å²) in [5.41, 5.74) is 1.34. The molecule has 3 aromatic rings. The van der Waals surface area contributed by atoms with Crippen LogP contribution in [0.1, 0.15) is 116 Å². The number of Topliss-reactive ketones (excluding diaryl/α,β-unsaturated/α-hetero) is 1. The minimum atomic E-state index is -1.04. The van der Waals surface area contributed by atoms with Crippen LogP contribution in [0.3, 0.4) is 0 Å². The van der Waals surface area contributed by atoms with Gasteiger partial charge in [-0.2, -0.15) is 0 Å². The highest BCUT2D eigenvalue weighted by atomic mass is 16.5. The first-order chi connectivity index (χ1) is 28.4. The lowest BCUT2D eigenvalue weighted by Gasteiger charge is -2.42. The van der Waals surface area contributed by atoms with Gasteiger partial charge < -0.3 is 43.9 Å². The Morgan fingerprint density at radius 1 is 0.966 bits per heavy atom. The highest BCUT2D eigenvalue weighted by Gasteiger charge is 2.36. The Morgan fingerprint density at radius 2 is 1.71 bits per heavy atom. The molecule has 0 saturated carbocycles. The first kappa shape index (κ1) is 42.8. The van der Waals surface area contributed by atoms with Crippen LogP contribution < -0.4 is 25.1 Å². The van der Waals surface area contributed by atoms with Gasteiger partial charge in [-0.05, 0) is 86.8 Å². The van der Waals surface area contributed by atoms with Crippen LogP contribution >= 0.6 is 0 Å². The molecule has 3 aliphatic rings. The van der Waals surface area contributed by atoms with Gasteiger partial charge in [0.1, 0.15) is 22.8 Å². The van der Waals surface area contributed by atoms with Crippen molar-refractivity contribution >= 4 is 29.6 Å². The van der Waals surface area contributed by atoms with Crippen molar-refractivity contribution in [2.45, 2.75) is 95.6 Å². The van der Waals surface area contributed by atoms with E-state index in [-0.39, 0.29) is 82.4 Å². The maximum Gasteiger partial charge on any atom is 0.342 e. The van der Waals surface area contributed by atoms with E-state index >= 15 is 0 Å². The summed E-state index contributed by atoms with van der Waals surface area (Å²) in [7, 11) is 4.35. The Balaban J connectivity index is 1.24. The molecule has 1 aromatic heterocycles. The molecule has 1 unspecified atom stereocenters. The van der Waals surface area contributed by atoms with E-state index in [1.54, 1.807) is 43.3 Å². The van der Waals surface area contributed by atoms with Crippen LogP contribution in [-0.4, -0.2) is 90.3 Å². The number of pyridine rings is 1. The topological polar surface area (TPSA) is 183 Å². The van der Waals surface area contributed by atoms with E-state index in [1.807, 2.05) is 15.5 Å². The number of fused-ring (bicyclic) bond motifs is 5. The Labute approximate surface area is 344 Å². The monoisotopic (exact) mass is 813 g/mol. The maximum atomic E-state index is 13.8. The van der Waals surface area contributed by atoms with Gasteiger partial charge >= 0.3 is 5.97 Å². The lowest BCUT2D eigenvalue weighted by molar-refractivity contribution is -0.134. The molecule has 4 atom stereocenters. The van der Waals surface area contributed by atoms with E-state index in [4.69, 9.17) is 18.9 Å². The second kappa shape index (κ2) is 19.3. The van der Waals surface area contributed by atoms with E-state index in [0.29, 0.717) is 75.9 Å². The predicted octanol–water partition coefficient (Wildman–Crippen LogP) is 5.83. The van der Waals surface area contributed by atoms with Crippen LogP contribution in [0.25, 0.3) is 6.08 Å². The number of piperidine rings is 1. The number of phenols is 2. The van der Waals surface area contributed by atoms with Gasteiger partial charge in [-0.25, -0.2) is 4.79 Å². The molecule has 4 heterocycles. The normalized spacial score (nSPS) is 20.0. The van der Waals surface area contributed by atoms with Gasteiger partial charge in [-0.15, -0.1) is 0 Å². The van der Waals surface area contributed by atoms with E-state index in [0.717, 1.165) is 12.1 Å². The number of likely N-dealkylation sites (tertiary alicyclic amines) is 1. The fourth-order valence-electron chi connectivity index (χ4n) is 8.69. The number of ketones is 1. The van der Waals surface area contributed by atoms with Crippen molar-refractivity contribution in [3.63, 3.8) is 0 Å². The number of hydrogen-bond acceptors (Lipinski definition) is 11. The number of methoxy groups -OCH3 is 3. The number of aromatic hydroxyl groups is 2. The standard InChI is InChI=1S/C45H55N3O11/c1-27-11-8-14-32(49)13-7-5-6-12-29-20-35(50)42(43(54)41(29)45(55)59-27)33(30-21-36(56-2)44(58-4)37(22-30)57-3)23-38(51)46-18-10-17-39(52)47-24-28-19-31(26-47)34-15-9-16-40(53)48(34)25-28/h6,9,12,15-16,20-22,27-28,31,33,50,54H,5,7-8,10-11,13-14,17-19,23-26H2,1-4H3,(H,46,51)/t27-,28+,31-,33?/m0/s1. The van der Waals surface area contributed by atoms with Crippen molar-refractivity contribution in [2.24, 2.45) is 5.92 Å². The predicted molar refractivity (Wildman–Crippen MR) is 219 cm³/mol. The average molecular weight is 814 g/mol. The van der Waals surface area contributed by atoms with Gasteiger partial charge in [-0.3, -0.25) is 19.2 Å². The molecular formula is C45H55N3O11. The number of nitrogens with one attached hydrogen (secondary N) is 1. The molecular weight excluding hydrogens is 759 g/mol.